The molecule has 0 saturated heterocycles. The van der Waals surface area contributed by atoms with E-state index in [-0.39, 0.29) is 31.3 Å². The summed E-state index contributed by atoms with van der Waals surface area (Å²) in [5.41, 5.74) is 4.28. The number of hydrogen-bond donors (Lipinski definition) is 1. The molecular formula is C32H40BrN3O4S. The Morgan fingerprint density at radius 1 is 0.951 bits per heavy atom. The molecule has 0 fully saturated rings. The van der Waals surface area contributed by atoms with Gasteiger partial charge in [0, 0.05) is 36.9 Å². The maximum Gasteiger partial charge on any atom is 0.243 e. The van der Waals surface area contributed by atoms with E-state index in [0.717, 1.165) is 33.1 Å². The Hall–Kier alpha value is -3.17. The number of halogens is 1. The number of nitrogens with zero attached hydrogens (tertiary/aromatic N) is 2. The van der Waals surface area contributed by atoms with Crippen LogP contribution in [0.3, 0.4) is 0 Å². The minimum Gasteiger partial charge on any atom is -0.354 e. The summed E-state index contributed by atoms with van der Waals surface area (Å²) < 4.78 is 27.8. The zero-order chi connectivity index (χ0) is 30.0. The Morgan fingerprint density at radius 2 is 1.63 bits per heavy atom. The summed E-state index contributed by atoms with van der Waals surface area (Å²) in [6.07, 6.45) is 2.75. The van der Waals surface area contributed by atoms with E-state index >= 15 is 0 Å². The largest absolute Gasteiger partial charge is 0.354 e. The number of nitrogens with one attached hydrogen (secondary N) is 1. The topological polar surface area (TPSA) is 86.8 Å². The normalized spacial score (nSPS) is 12.0. The smallest absolute Gasteiger partial charge is 0.243 e. The van der Waals surface area contributed by atoms with E-state index in [4.69, 9.17) is 0 Å². The summed E-state index contributed by atoms with van der Waals surface area (Å²) in [7, 11) is -3.57. The highest BCUT2D eigenvalue weighted by Gasteiger charge is 2.30. The van der Waals surface area contributed by atoms with Crippen molar-refractivity contribution in [2.45, 2.75) is 59.0 Å². The van der Waals surface area contributed by atoms with E-state index in [1.807, 2.05) is 93.6 Å². The van der Waals surface area contributed by atoms with E-state index < -0.39 is 16.1 Å². The lowest BCUT2D eigenvalue weighted by molar-refractivity contribution is -0.141. The van der Waals surface area contributed by atoms with Gasteiger partial charge in [-0.3, -0.25) is 13.9 Å². The molecule has 9 heteroatoms. The lowest BCUT2D eigenvalue weighted by Crippen LogP contribution is -2.50. The van der Waals surface area contributed by atoms with E-state index in [0.29, 0.717) is 25.1 Å². The molecule has 3 aromatic carbocycles. The molecule has 3 aromatic rings. The van der Waals surface area contributed by atoms with Crippen molar-refractivity contribution < 1.29 is 18.0 Å². The number of anilines is 1. The summed E-state index contributed by atoms with van der Waals surface area (Å²) in [5, 5.41) is 2.98. The van der Waals surface area contributed by atoms with Gasteiger partial charge in [0.2, 0.25) is 21.8 Å². The predicted molar refractivity (Wildman–Crippen MR) is 169 cm³/mol. The number of sulfonamides is 1. The number of carbonyl (C=O) groups excluding carboxylic acids is 2. The van der Waals surface area contributed by atoms with E-state index in [1.165, 1.54) is 10.6 Å². The number of aryl methyl sites for hydroxylation is 2. The van der Waals surface area contributed by atoms with Crippen molar-refractivity contribution in [3.05, 3.63) is 99.5 Å². The maximum absolute atomic E-state index is 13.9. The van der Waals surface area contributed by atoms with Crippen LogP contribution >= 0.6 is 15.9 Å². The van der Waals surface area contributed by atoms with Gasteiger partial charge in [-0.15, -0.1) is 0 Å². The molecule has 0 saturated carbocycles. The van der Waals surface area contributed by atoms with Crippen molar-refractivity contribution in [2.24, 2.45) is 0 Å². The number of hydrogen-bond acceptors (Lipinski definition) is 4. The monoisotopic (exact) mass is 641 g/mol. The van der Waals surface area contributed by atoms with Gasteiger partial charge in [0.15, 0.2) is 0 Å². The van der Waals surface area contributed by atoms with Crippen LogP contribution in [0, 0.1) is 13.8 Å². The molecule has 0 aromatic heterocycles. The first-order chi connectivity index (χ1) is 19.5. The third kappa shape index (κ3) is 9.71. The zero-order valence-electron chi connectivity index (χ0n) is 24.3. The summed E-state index contributed by atoms with van der Waals surface area (Å²) >= 11 is 3.46. The van der Waals surface area contributed by atoms with Crippen LogP contribution in [0.4, 0.5) is 5.69 Å². The number of amides is 2. The molecule has 1 unspecified atom stereocenters. The molecule has 0 aliphatic rings. The fourth-order valence-electron chi connectivity index (χ4n) is 4.68. The molecule has 41 heavy (non-hydrogen) atoms. The standard InChI is InChI=1S/C32H40BrN3O4S/c1-5-19-34-32(38)30(22-26-10-7-6-8-11-26)35(23-27-15-17-28(33)18-16-27)31(37)12-9-20-36(41(4,39)40)29-21-24(2)13-14-25(29)3/h6-8,10-11,13-18,21,30H,5,9,12,19-20,22-23H2,1-4H3,(H,34,38). The Bertz CT molecular complexity index is 1410. The highest BCUT2D eigenvalue weighted by atomic mass is 79.9. The lowest BCUT2D eigenvalue weighted by atomic mass is 10.0. The van der Waals surface area contributed by atoms with Gasteiger partial charge in [0.1, 0.15) is 6.04 Å². The molecule has 220 valence electrons. The van der Waals surface area contributed by atoms with Crippen LogP contribution in [0.1, 0.15) is 48.4 Å². The van der Waals surface area contributed by atoms with Crippen LogP contribution in [0.15, 0.2) is 77.3 Å². The van der Waals surface area contributed by atoms with Crippen LogP contribution in [0.2, 0.25) is 0 Å². The third-order valence-electron chi connectivity index (χ3n) is 6.87. The van der Waals surface area contributed by atoms with Crippen LogP contribution < -0.4 is 9.62 Å². The van der Waals surface area contributed by atoms with Crippen molar-refractivity contribution in [1.82, 2.24) is 10.2 Å². The minimum absolute atomic E-state index is 0.0970. The quantitative estimate of drug-likeness (QED) is 0.242. The second-order valence-corrected chi connectivity index (χ2v) is 13.2. The average Bonchev–Trinajstić information content (AvgIpc) is 2.94. The first-order valence-corrected chi connectivity index (χ1v) is 16.5. The van der Waals surface area contributed by atoms with Gasteiger partial charge in [-0.1, -0.05) is 77.5 Å². The molecule has 0 radical (unpaired) electrons. The van der Waals surface area contributed by atoms with Crippen LogP contribution in [0.5, 0.6) is 0 Å². The third-order valence-corrected chi connectivity index (χ3v) is 8.58. The van der Waals surface area contributed by atoms with Crippen molar-refractivity contribution in [3.63, 3.8) is 0 Å². The summed E-state index contributed by atoms with van der Waals surface area (Å²) in [6, 6.07) is 22.3. The molecule has 1 N–H and O–H groups in total. The summed E-state index contributed by atoms with van der Waals surface area (Å²) in [6.45, 7) is 6.72. The van der Waals surface area contributed by atoms with E-state index in [1.54, 1.807) is 4.90 Å². The average molecular weight is 643 g/mol. The molecule has 0 bridgehead atoms. The lowest BCUT2D eigenvalue weighted by Gasteiger charge is -2.32. The molecule has 0 heterocycles. The van der Waals surface area contributed by atoms with Gasteiger partial charge in [-0.05, 0) is 67.1 Å². The van der Waals surface area contributed by atoms with Gasteiger partial charge >= 0.3 is 0 Å². The Morgan fingerprint density at radius 3 is 2.27 bits per heavy atom. The SMILES string of the molecule is CCCNC(=O)C(Cc1ccccc1)N(Cc1ccc(Br)cc1)C(=O)CCCN(c1cc(C)ccc1C)S(C)(=O)=O. The van der Waals surface area contributed by atoms with E-state index in [2.05, 4.69) is 21.2 Å². The highest BCUT2D eigenvalue weighted by molar-refractivity contribution is 9.10. The second kappa shape index (κ2) is 15.2. The second-order valence-electron chi connectivity index (χ2n) is 10.4. The first-order valence-electron chi connectivity index (χ1n) is 13.9. The molecular weight excluding hydrogens is 602 g/mol. The molecule has 3 rings (SSSR count). The number of carbonyl (C=O) groups is 2. The highest BCUT2D eigenvalue weighted by Crippen LogP contribution is 2.25. The van der Waals surface area contributed by atoms with Gasteiger partial charge < -0.3 is 10.2 Å². The van der Waals surface area contributed by atoms with Crippen LogP contribution in [0.25, 0.3) is 0 Å². The van der Waals surface area contributed by atoms with Crippen LogP contribution in [-0.4, -0.2) is 50.5 Å². The number of benzene rings is 3. The minimum atomic E-state index is -3.57. The van der Waals surface area contributed by atoms with Gasteiger partial charge in [0.25, 0.3) is 0 Å². The Balaban J connectivity index is 1.88. The summed E-state index contributed by atoms with van der Waals surface area (Å²) in [5.74, 6) is -0.399. The molecule has 0 aliphatic heterocycles. The molecule has 7 nitrogen and oxygen atoms in total. The van der Waals surface area contributed by atoms with E-state index in [9.17, 15) is 18.0 Å². The van der Waals surface area contributed by atoms with Crippen molar-refractivity contribution >= 4 is 43.5 Å². The molecule has 0 spiro atoms. The van der Waals surface area contributed by atoms with Gasteiger partial charge in [-0.25, -0.2) is 8.42 Å². The molecule has 2 amide bonds. The first kappa shape index (κ1) is 32.3. The summed E-state index contributed by atoms with van der Waals surface area (Å²) in [4.78, 5) is 29.0. The molecule has 0 aliphatic carbocycles. The predicted octanol–water partition coefficient (Wildman–Crippen LogP) is 5.78. The van der Waals surface area contributed by atoms with Crippen molar-refractivity contribution in [1.29, 1.82) is 0 Å². The van der Waals surface area contributed by atoms with Gasteiger partial charge in [-0.2, -0.15) is 0 Å². The maximum atomic E-state index is 13.9. The fourth-order valence-corrected chi connectivity index (χ4v) is 5.96. The number of rotatable bonds is 14. The Kier molecular flexibility index (Phi) is 12.0. The van der Waals surface area contributed by atoms with Crippen molar-refractivity contribution in [2.75, 3.05) is 23.7 Å². The zero-order valence-corrected chi connectivity index (χ0v) is 26.7. The van der Waals surface area contributed by atoms with Crippen LogP contribution in [-0.2, 0) is 32.6 Å². The van der Waals surface area contributed by atoms with Gasteiger partial charge in [0.05, 0.1) is 11.9 Å². The Labute approximate surface area is 253 Å². The fraction of sp³-hybridized carbons (Fsp3) is 0.375. The molecule has 1 atom stereocenters. The van der Waals surface area contributed by atoms with Crippen molar-refractivity contribution in [3.8, 4) is 0 Å².